The predicted octanol–water partition coefficient (Wildman–Crippen LogP) is 0.697. The highest BCUT2D eigenvalue weighted by Gasteiger charge is 2.27. The van der Waals surface area contributed by atoms with Crippen molar-refractivity contribution in [3.05, 3.63) is 0 Å². The van der Waals surface area contributed by atoms with Crippen molar-refractivity contribution >= 4 is 17.5 Å². The third-order valence-corrected chi connectivity index (χ3v) is 2.63. The summed E-state index contributed by atoms with van der Waals surface area (Å²) in [6, 6.07) is 0. The molecule has 1 N–H and O–H groups in total. The van der Waals surface area contributed by atoms with Gasteiger partial charge in [0.25, 0.3) is 0 Å². The van der Waals surface area contributed by atoms with Crippen LogP contribution in [0.3, 0.4) is 0 Å². The Balaban J connectivity index is 2.50. The van der Waals surface area contributed by atoms with Crippen LogP contribution in [0.1, 0.15) is 33.1 Å². The van der Waals surface area contributed by atoms with Gasteiger partial charge in [-0.15, -0.1) is 0 Å². The van der Waals surface area contributed by atoms with E-state index in [9.17, 15) is 14.4 Å². The summed E-state index contributed by atoms with van der Waals surface area (Å²) in [5.41, 5.74) is 0. The Bertz CT molecular complexity index is 284. The number of piperidine rings is 1. The standard InChI is InChI=1S/C11H17NO3/c1-7(2)10(14)9(13)6-8-4-3-5-12-11(8)15/h7-8H,3-6H2,1-2H3,(H,12,15)/t8-/m1/s1. The minimum absolute atomic E-state index is 0.0723. The average Bonchev–Trinajstić information content (AvgIpc) is 2.20. The summed E-state index contributed by atoms with van der Waals surface area (Å²) in [6.45, 7) is 4.07. The summed E-state index contributed by atoms with van der Waals surface area (Å²) in [7, 11) is 0. The Morgan fingerprint density at radius 3 is 2.67 bits per heavy atom. The van der Waals surface area contributed by atoms with Crippen molar-refractivity contribution in [1.29, 1.82) is 0 Å². The molecule has 0 aromatic heterocycles. The molecular weight excluding hydrogens is 194 g/mol. The molecule has 15 heavy (non-hydrogen) atoms. The van der Waals surface area contributed by atoms with Gasteiger partial charge in [-0.1, -0.05) is 13.8 Å². The van der Waals surface area contributed by atoms with E-state index in [0.717, 1.165) is 6.42 Å². The number of carbonyl (C=O) groups is 3. The summed E-state index contributed by atoms with van der Waals surface area (Å²) >= 11 is 0. The normalized spacial score (nSPS) is 21.3. The summed E-state index contributed by atoms with van der Waals surface area (Å²) in [4.78, 5) is 34.2. The van der Waals surface area contributed by atoms with E-state index in [1.165, 1.54) is 0 Å². The summed E-state index contributed by atoms with van der Waals surface area (Å²) in [5, 5.41) is 2.70. The van der Waals surface area contributed by atoms with Crippen molar-refractivity contribution in [2.24, 2.45) is 11.8 Å². The molecule has 0 aliphatic carbocycles. The summed E-state index contributed by atoms with van der Waals surface area (Å²) < 4.78 is 0. The number of nitrogens with one attached hydrogen (secondary N) is 1. The van der Waals surface area contributed by atoms with Crippen LogP contribution in [-0.4, -0.2) is 24.0 Å². The maximum atomic E-state index is 11.5. The lowest BCUT2D eigenvalue weighted by atomic mass is 9.90. The Hall–Kier alpha value is -1.19. The van der Waals surface area contributed by atoms with Gasteiger partial charge in [0.05, 0.1) is 0 Å². The molecule has 1 aliphatic heterocycles. The van der Waals surface area contributed by atoms with E-state index in [-0.39, 0.29) is 29.9 Å². The summed E-state index contributed by atoms with van der Waals surface area (Å²) in [5.74, 6) is -1.44. The van der Waals surface area contributed by atoms with Gasteiger partial charge in [-0.2, -0.15) is 0 Å². The molecule has 1 atom stereocenters. The van der Waals surface area contributed by atoms with Crippen molar-refractivity contribution < 1.29 is 14.4 Å². The molecule has 4 heteroatoms. The van der Waals surface area contributed by atoms with E-state index in [1.807, 2.05) is 0 Å². The van der Waals surface area contributed by atoms with Crippen molar-refractivity contribution in [2.45, 2.75) is 33.1 Å². The minimum atomic E-state index is -0.410. The topological polar surface area (TPSA) is 63.2 Å². The number of ketones is 2. The van der Waals surface area contributed by atoms with Gasteiger partial charge >= 0.3 is 0 Å². The SMILES string of the molecule is CC(C)C(=O)C(=O)C[C@H]1CCCNC1=O. The smallest absolute Gasteiger partial charge is 0.223 e. The monoisotopic (exact) mass is 211 g/mol. The number of hydrogen-bond donors (Lipinski definition) is 1. The highest BCUT2D eigenvalue weighted by molar-refractivity contribution is 6.38. The quantitative estimate of drug-likeness (QED) is 0.696. The van der Waals surface area contributed by atoms with Crippen LogP contribution in [0.4, 0.5) is 0 Å². The van der Waals surface area contributed by atoms with E-state index in [1.54, 1.807) is 13.8 Å². The number of rotatable bonds is 4. The van der Waals surface area contributed by atoms with Crippen LogP contribution in [0, 0.1) is 11.8 Å². The third-order valence-electron chi connectivity index (χ3n) is 2.63. The molecular formula is C11H17NO3. The summed E-state index contributed by atoms with van der Waals surface area (Å²) in [6.07, 6.45) is 1.67. The van der Waals surface area contributed by atoms with Gasteiger partial charge in [0.1, 0.15) is 0 Å². The zero-order valence-corrected chi connectivity index (χ0v) is 9.21. The fourth-order valence-electron chi connectivity index (χ4n) is 1.68. The minimum Gasteiger partial charge on any atom is -0.356 e. The molecule has 1 amide bonds. The molecule has 1 rings (SSSR count). The second-order valence-corrected chi connectivity index (χ2v) is 4.28. The van der Waals surface area contributed by atoms with E-state index in [2.05, 4.69) is 5.32 Å². The second kappa shape index (κ2) is 5.05. The molecule has 0 aromatic carbocycles. The van der Waals surface area contributed by atoms with E-state index in [0.29, 0.717) is 13.0 Å². The van der Waals surface area contributed by atoms with Crippen LogP contribution >= 0.6 is 0 Å². The predicted molar refractivity (Wildman–Crippen MR) is 55.2 cm³/mol. The van der Waals surface area contributed by atoms with Crippen molar-refractivity contribution in [3.63, 3.8) is 0 Å². The van der Waals surface area contributed by atoms with Crippen LogP contribution < -0.4 is 5.32 Å². The van der Waals surface area contributed by atoms with Crippen molar-refractivity contribution in [3.8, 4) is 0 Å². The molecule has 0 aromatic rings. The first kappa shape index (κ1) is 11.9. The van der Waals surface area contributed by atoms with Gasteiger partial charge in [-0.05, 0) is 12.8 Å². The lowest BCUT2D eigenvalue weighted by Crippen LogP contribution is -2.38. The van der Waals surface area contributed by atoms with Gasteiger partial charge in [0, 0.05) is 24.8 Å². The van der Waals surface area contributed by atoms with Crippen molar-refractivity contribution in [2.75, 3.05) is 6.54 Å². The first-order valence-electron chi connectivity index (χ1n) is 5.37. The molecule has 0 saturated carbocycles. The first-order valence-corrected chi connectivity index (χ1v) is 5.37. The molecule has 1 aliphatic rings. The molecule has 84 valence electrons. The highest BCUT2D eigenvalue weighted by atomic mass is 16.2. The van der Waals surface area contributed by atoms with E-state index in [4.69, 9.17) is 0 Å². The second-order valence-electron chi connectivity index (χ2n) is 4.28. The number of Topliss-reactive ketones (excluding diaryl/α,β-unsaturated/α-hetero) is 2. The van der Waals surface area contributed by atoms with Gasteiger partial charge < -0.3 is 5.32 Å². The number of hydrogen-bond acceptors (Lipinski definition) is 3. The largest absolute Gasteiger partial charge is 0.356 e. The molecule has 1 heterocycles. The Kier molecular flexibility index (Phi) is 4.00. The molecule has 0 spiro atoms. The fraction of sp³-hybridized carbons (Fsp3) is 0.727. The molecule has 1 saturated heterocycles. The van der Waals surface area contributed by atoms with E-state index >= 15 is 0 Å². The zero-order valence-electron chi connectivity index (χ0n) is 9.21. The third kappa shape index (κ3) is 3.15. The molecule has 0 unspecified atom stereocenters. The lowest BCUT2D eigenvalue weighted by molar-refractivity contribution is -0.140. The Labute approximate surface area is 89.4 Å². The van der Waals surface area contributed by atoms with E-state index < -0.39 is 5.78 Å². The molecule has 0 radical (unpaired) electrons. The highest BCUT2D eigenvalue weighted by Crippen LogP contribution is 2.16. The maximum absolute atomic E-state index is 11.5. The van der Waals surface area contributed by atoms with Crippen LogP contribution in [0.15, 0.2) is 0 Å². The van der Waals surface area contributed by atoms with Crippen molar-refractivity contribution in [1.82, 2.24) is 5.32 Å². The lowest BCUT2D eigenvalue weighted by Gasteiger charge is -2.20. The number of amides is 1. The number of carbonyl (C=O) groups excluding carboxylic acids is 3. The van der Waals surface area contributed by atoms with Gasteiger partial charge in [-0.3, -0.25) is 14.4 Å². The van der Waals surface area contributed by atoms with Gasteiger partial charge in [-0.25, -0.2) is 0 Å². The molecule has 0 bridgehead atoms. The Morgan fingerprint density at radius 2 is 2.13 bits per heavy atom. The Morgan fingerprint density at radius 1 is 1.47 bits per heavy atom. The molecule has 1 fully saturated rings. The van der Waals surface area contributed by atoms with Crippen LogP contribution in [-0.2, 0) is 14.4 Å². The average molecular weight is 211 g/mol. The maximum Gasteiger partial charge on any atom is 0.223 e. The zero-order chi connectivity index (χ0) is 11.4. The van der Waals surface area contributed by atoms with Crippen LogP contribution in [0.2, 0.25) is 0 Å². The fourth-order valence-corrected chi connectivity index (χ4v) is 1.68. The molecule has 4 nitrogen and oxygen atoms in total. The first-order chi connectivity index (χ1) is 7.02. The van der Waals surface area contributed by atoms with Gasteiger partial charge in [0.2, 0.25) is 11.7 Å². The van der Waals surface area contributed by atoms with Crippen LogP contribution in [0.5, 0.6) is 0 Å². The van der Waals surface area contributed by atoms with Crippen LogP contribution in [0.25, 0.3) is 0 Å². The van der Waals surface area contributed by atoms with Gasteiger partial charge in [0.15, 0.2) is 5.78 Å².